The largest absolute Gasteiger partial charge is 0.480 e. The van der Waals surface area contributed by atoms with Gasteiger partial charge in [0.2, 0.25) is 0 Å². The lowest BCUT2D eigenvalue weighted by atomic mass is 10.2. The molecule has 84 valence electrons. The third kappa shape index (κ3) is 2.04. The van der Waals surface area contributed by atoms with E-state index in [2.05, 4.69) is 15.2 Å². The number of piperazine rings is 1. The Morgan fingerprint density at radius 3 is 3.00 bits per heavy atom. The molecule has 1 atom stereocenters. The average Bonchev–Trinajstić information content (AvgIpc) is 2.64. The van der Waals surface area contributed by atoms with Crippen LogP contribution in [0.5, 0.6) is 0 Å². The summed E-state index contributed by atoms with van der Waals surface area (Å²) in [4.78, 5) is 19.4. The molecule has 1 saturated heterocycles. The van der Waals surface area contributed by atoms with E-state index in [1.165, 1.54) is 0 Å². The Hall–Kier alpha value is -1.30. The highest BCUT2D eigenvalue weighted by Gasteiger charge is 2.29. The molecule has 1 unspecified atom stereocenters. The summed E-state index contributed by atoms with van der Waals surface area (Å²) in [6, 6.07) is -0.476. The Balaban J connectivity index is 2.01. The van der Waals surface area contributed by atoms with Crippen molar-refractivity contribution >= 4 is 11.9 Å². The Kier molecular flexibility index (Phi) is 2.77. The molecule has 0 bridgehead atoms. The highest BCUT2D eigenvalue weighted by atomic mass is 16.4. The smallest absolute Gasteiger partial charge is 0.322 e. The second-order valence-corrected chi connectivity index (χ2v) is 3.89. The van der Waals surface area contributed by atoms with E-state index in [0.717, 1.165) is 25.6 Å². The average molecular weight is 212 g/mol. The van der Waals surface area contributed by atoms with E-state index in [4.69, 9.17) is 5.11 Å². The second kappa shape index (κ2) is 4.06. The van der Waals surface area contributed by atoms with Gasteiger partial charge in [0.05, 0.1) is 6.54 Å². The van der Waals surface area contributed by atoms with Gasteiger partial charge in [0, 0.05) is 33.2 Å². The van der Waals surface area contributed by atoms with E-state index >= 15 is 0 Å². The summed E-state index contributed by atoms with van der Waals surface area (Å²) >= 11 is 0. The Bertz CT molecular complexity index is 292. The summed E-state index contributed by atoms with van der Waals surface area (Å²) in [7, 11) is 1.99. The fourth-order valence-corrected chi connectivity index (χ4v) is 1.96. The van der Waals surface area contributed by atoms with Gasteiger partial charge in [-0.2, -0.15) is 0 Å². The molecule has 6 heteroatoms. The van der Waals surface area contributed by atoms with Crippen LogP contribution in [0.2, 0.25) is 0 Å². The Labute approximate surface area is 88.6 Å². The van der Waals surface area contributed by atoms with Gasteiger partial charge in [-0.1, -0.05) is 0 Å². The lowest BCUT2D eigenvalue weighted by Gasteiger charge is -2.35. The zero-order valence-electron chi connectivity index (χ0n) is 8.81. The molecule has 2 N–H and O–H groups in total. The van der Waals surface area contributed by atoms with Crippen molar-refractivity contribution in [3.8, 4) is 0 Å². The summed E-state index contributed by atoms with van der Waals surface area (Å²) < 4.78 is 0. The van der Waals surface area contributed by atoms with E-state index in [9.17, 15) is 4.79 Å². The van der Waals surface area contributed by atoms with Gasteiger partial charge in [-0.3, -0.25) is 9.79 Å². The summed E-state index contributed by atoms with van der Waals surface area (Å²) in [5, 5.41) is 11.9. The lowest BCUT2D eigenvalue weighted by Crippen LogP contribution is -2.57. The molecule has 15 heavy (non-hydrogen) atoms. The van der Waals surface area contributed by atoms with E-state index < -0.39 is 12.0 Å². The summed E-state index contributed by atoms with van der Waals surface area (Å²) in [6.45, 7) is 3.76. The van der Waals surface area contributed by atoms with Crippen LogP contribution in [-0.4, -0.2) is 72.6 Å². The molecular weight excluding hydrogens is 196 g/mol. The standard InChI is InChI=1S/C9H16N4O2/c1-12-4-2-11-9(12)13-5-3-10-7(6-13)8(14)15/h7,10H,2-6H2,1H3,(H,14,15). The fourth-order valence-electron chi connectivity index (χ4n) is 1.96. The third-order valence-electron chi connectivity index (χ3n) is 2.79. The van der Waals surface area contributed by atoms with Crippen LogP contribution in [0.15, 0.2) is 4.99 Å². The number of guanidine groups is 1. The highest BCUT2D eigenvalue weighted by molar-refractivity contribution is 5.83. The number of nitrogens with zero attached hydrogens (tertiary/aromatic N) is 3. The number of carboxylic acid groups (broad SMARTS) is 1. The van der Waals surface area contributed by atoms with Gasteiger partial charge in [-0.05, 0) is 0 Å². The van der Waals surface area contributed by atoms with Crippen LogP contribution in [0.1, 0.15) is 0 Å². The number of carboxylic acids is 1. The molecule has 0 spiro atoms. The normalized spacial score (nSPS) is 26.7. The molecule has 2 aliphatic heterocycles. The molecule has 0 aromatic heterocycles. The minimum absolute atomic E-state index is 0.476. The van der Waals surface area contributed by atoms with Crippen molar-refractivity contribution in [2.75, 3.05) is 39.8 Å². The zero-order valence-corrected chi connectivity index (χ0v) is 8.81. The van der Waals surface area contributed by atoms with Crippen LogP contribution in [0.3, 0.4) is 0 Å². The molecule has 6 nitrogen and oxygen atoms in total. The van der Waals surface area contributed by atoms with Gasteiger partial charge in [0.15, 0.2) is 5.96 Å². The van der Waals surface area contributed by atoms with Gasteiger partial charge >= 0.3 is 5.97 Å². The molecule has 1 fully saturated rings. The maximum atomic E-state index is 10.9. The van der Waals surface area contributed by atoms with Gasteiger partial charge in [-0.25, -0.2) is 0 Å². The highest BCUT2D eigenvalue weighted by Crippen LogP contribution is 2.07. The van der Waals surface area contributed by atoms with Crippen LogP contribution in [0, 0.1) is 0 Å². The van der Waals surface area contributed by atoms with E-state index in [1.807, 2.05) is 11.9 Å². The predicted octanol–water partition coefficient (Wildman–Crippen LogP) is -1.35. The SMILES string of the molecule is CN1CCN=C1N1CCNC(C(=O)O)C1. The van der Waals surface area contributed by atoms with E-state index in [1.54, 1.807) is 0 Å². The molecule has 0 saturated carbocycles. The molecule has 0 radical (unpaired) electrons. The number of aliphatic imine (C=N–C) groups is 1. The quantitative estimate of drug-likeness (QED) is 0.562. The fraction of sp³-hybridized carbons (Fsp3) is 0.778. The van der Waals surface area contributed by atoms with Crippen LogP contribution in [0.25, 0.3) is 0 Å². The maximum Gasteiger partial charge on any atom is 0.322 e. The van der Waals surface area contributed by atoms with Crippen molar-refractivity contribution in [1.82, 2.24) is 15.1 Å². The first-order valence-electron chi connectivity index (χ1n) is 5.15. The predicted molar refractivity (Wildman–Crippen MR) is 55.9 cm³/mol. The van der Waals surface area contributed by atoms with Crippen molar-refractivity contribution in [3.63, 3.8) is 0 Å². The first-order chi connectivity index (χ1) is 7.18. The minimum atomic E-state index is -0.791. The van der Waals surface area contributed by atoms with Gasteiger partial charge in [-0.15, -0.1) is 0 Å². The molecular formula is C9H16N4O2. The van der Waals surface area contributed by atoms with Crippen molar-refractivity contribution in [1.29, 1.82) is 0 Å². The van der Waals surface area contributed by atoms with Crippen molar-refractivity contribution in [2.24, 2.45) is 4.99 Å². The number of hydrogen-bond acceptors (Lipinski definition) is 5. The lowest BCUT2D eigenvalue weighted by molar-refractivity contribution is -0.140. The van der Waals surface area contributed by atoms with Crippen LogP contribution in [0.4, 0.5) is 0 Å². The van der Waals surface area contributed by atoms with Gasteiger partial charge in [0.1, 0.15) is 6.04 Å². The molecule has 0 aromatic carbocycles. The van der Waals surface area contributed by atoms with Crippen molar-refractivity contribution in [2.45, 2.75) is 6.04 Å². The molecule has 0 amide bonds. The summed E-state index contributed by atoms with van der Waals surface area (Å²) in [6.07, 6.45) is 0. The number of carbonyl (C=O) groups is 1. The number of hydrogen-bond donors (Lipinski definition) is 2. The summed E-state index contributed by atoms with van der Waals surface area (Å²) in [5.74, 6) is 0.142. The zero-order chi connectivity index (χ0) is 10.8. The number of rotatable bonds is 1. The second-order valence-electron chi connectivity index (χ2n) is 3.89. The molecule has 2 heterocycles. The van der Waals surface area contributed by atoms with E-state index in [-0.39, 0.29) is 0 Å². The Morgan fingerprint density at radius 1 is 1.60 bits per heavy atom. The number of aliphatic carboxylic acids is 1. The van der Waals surface area contributed by atoms with E-state index in [0.29, 0.717) is 13.1 Å². The molecule has 0 aromatic rings. The monoisotopic (exact) mass is 212 g/mol. The van der Waals surface area contributed by atoms with Crippen molar-refractivity contribution in [3.05, 3.63) is 0 Å². The van der Waals surface area contributed by atoms with Gasteiger partial charge in [0.25, 0.3) is 0 Å². The maximum absolute atomic E-state index is 10.9. The van der Waals surface area contributed by atoms with Crippen LogP contribution < -0.4 is 5.32 Å². The molecule has 2 rings (SSSR count). The molecule has 0 aliphatic carbocycles. The van der Waals surface area contributed by atoms with Crippen molar-refractivity contribution < 1.29 is 9.90 Å². The Morgan fingerprint density at radius 2 is 2.40 bits per heavy atom. The van der Waals surface area contributed by atoms with Gasteiger partial charge < -0.3 is 20.2 Å². The summed E-state index contributed by atoms with van der Waals surface area (Å²) in [5.41, 5.74) is 0. The minimum Gasteiger partial charge on any atom is -0.480 e. The van der Waals surface area contributed by atoms with Crippen LogP contribution in [-0.2, 0) is 4.79 Å². The third-order valence-corrected chi connectivity index (χ3v) is 2.79. The first-order valence-corrected chi connectivity index (χ1v) is 5.15. The molecule has 2 aliphatic rings. The first kappa shape index (κ1) is 10.2. The van der Waals surface area contributed by atoms with Crippen LogP contribution >= 0.6 is 0 Å². The number of likely N-dealkylation sites (N-methyl/N-ethyl adjacent to an activating group) is 1. The number of nitrogens with one attached hydrogen (secondary N) is 1. The topological polar surface area (TPSA) is 68.2 Å².